The molecule has 0 unspecified atom stereocenters. The molecule has 7 heteroatoms. The molecule has 0 fully saturated rings. The Morgan fingerprint density at radius 2 is 1.82 bits per heavy atom. The van der Waals surface area contributed by atoms with Gasteiger partial charge in [0.15, 0.2) is 0 Å². The number of nitrogens with zero attached hydrogens (tertiary/aromatic N) is 1. The van der Waals surface area contributed by atoms with Gasteiger partial charge in [0.2, 0.25) is 0 Å². The van der Waals surface area contributed by atoms with E-state index in [9.17, 15) is 9.90 Å². The van der Waals surface area contributed by atoms with Gasteiger partial charge >= 0.3 is 5.97 Å². The number of aliphatic hydroxyl groups is 1. The van der Waals surface area contributed by atoms with Gasteiger partial charge in [-0.2, -0.15) is 0 Å². The Morgan fingerprint density at radius 1 is 1.23 bits per heavy atom. The lowest BCUT2D eigenvalue weighted by Crippen LogP contribution is -2.10. The minimum absolute atomic E-state index is 0.0453. The summed E-state index contributed by atoms with van der Waals surface area (Å²) in [6, 6.07) is 9.48. The second-order valence-corrected chi connectivity index (χ2v) is 11.6. The Hall–Kier alpha value is -2.77. The standard InChI is InChI=1S/C24H22ClNO2S.C4H11N.C4H10O/c1-5-6-17(11-14(2)3)24-26-20-12-15(4)19(13-21(27)28)22(23(20)29-24)16-7-9-18(25)10-8-16;1-3-4-5-2;1-4(2,3)5/h5-12H,2,13H2,1,3-4H3,(H,27,28);5H,3-4H2,1-2H3;5H,1-3H3/b6-5-,17-11+;;. The number of aryl methyl sites for hydroxylation is 1. The van der Waals surface area contributed by atoms with Gasteiger partial charge in [-0.25, -0.2) is 4.98 Å². The van der Waals surface area contributed by atoms with Crippen LogP contribution in [0, 0.1) is 6.92 Å². The maximum atomic E-state index is 11.6. The van der Waals surface area contributed by atoms with Crippen LogP contribution in [-0.4, -0.2) is 40.4 Å². The first-order valence-corrected chi connectivity index (χ1v) is 14.2. The number of thiazole rings is 1. The van der Waals surface area contributed by atoms with Crippen molar-refractivity contribution >= 4 is 44.7 Å². The number of benzene rings is 2. The van der Waals surface area contributed by atoms with Gasteiger partial charge in [0.25, 0.3) is 0 Å². The summed E-state index contributed by atoms with van der Waals surface area (Å²) >= 11 is 7.64. The molecule has 0 aliphatic heterocycles. The average Bonchev–Trinajstić information content (AvgIpc) is 3.23. The Balaban J connectivity index is 0.000000650. The van der Waals surface area contributed by atoms with E-state index in [0.29, 0.717) is 5.02 Å². The molecule has 0 atom stereocenters. The average molecular weight is 571 g/mol. The summed E-state index contributed by atoms with van der Waals surface area (Å²) in [5.74, 6) is -0.857. The largest absolute Gasteiger partial charge is 0.481 e. The smallest absolute Gasteiger partial charge is 0.307 e. The molecule has 0 aliphatic carbocycles. The van der Waals surface area contributed by atoms with Crippen LogP contribution in [0.25, 0.3) is 26.9 Å². The number of hydrogen-bond donors (Lipinski definition) is 3. The highest BCUT2D eigenvalue weighted by atomic mass is 35.5. The van der Waals surface area contributed by atoms with E-state index in [-0.39, 0.29) is 6.42 Å². The summed E-state index contributed by atoms with van der Waals surface area (Å²) in [6.07, 6.45) is 7.18. The maximum Gasteiger partial charge on any atom is 0.307 e. The van der Waals surface area contributed by atoms with E-state index < -0.39 is 11.6 Å². The van der Waals surface area contributed by atoms with Crippen molar-refractivity contribution in [1.82, 2.24) is 10.3 Å². The minimum Gasteiger partial charge on any atom is -0.481 e. The zero-order valence-corrected chi connectivity index (χ0v) is 26.1. The normalized spacial score (nSPS) is 11.6. The summed E-state index contributed by atoms with van der Waals surface area (Å²) < 4.78 is 0.973. The number of hydrogen-bond acceptors (Lipinski definition) is 5. The number of carboxylic acids is 1. The Labute approximate surface area is 243 Å². The molecule has 39 heavy (non-hydrogen) atoms. The van der Waals surface area contributed by atoms with Crippen molar-refractivity contribution in [1.29, 1.82) is 0 Å². The second-order valence-electron chi connectivity index (χ2n) is 10.2. The fraction of sp³-hybridized carbons (Fsp3) is 0.375. The quantitative estimate of drug-likeness (QED) is 0.236. The lowest BCUT2D eigenvalue weighted by Gasteiger charge is -2.13. The molecule has 0 spiro atoms. The van der Waals surface area contributed by atoms with Crippen LogP contribution in [0.15, 0.2) is 60.7 Å². The number of allylic oxidation sites excluding steroid dienone is 5. The summed E-state index contributed by atoms with van der Waals surface area (Å²) in [7, 11) is 1.96. The fourth-order valence-corrected chi connectivity index (χ4v) is 4.80. The lowest BCUT2D eigenvalue weighted by molar-refractivity contribution is -0.136. The first kappa shape index (κ1) is 34.3. The predicted molar refractivity (Wildman–Crippen MR) is 170 cm³/mol. The molecule has 212 valence electrons. The van der Waals surface area contributed by atoms with Crippen LogP contribution in [0.4, 0.5) is 0 Å². The third kappa shape index (κ3) is 12.3. The van der Waals surface area contributed by atoms with Crippen LogP contribution < -0.4 is 5.32 Å². The Kier molecular flexibility index (Phi) is 14.4. The van der Waals surface area contributed by atoms with Gasteiger partial charge in [-0.05, 0) is 103 Å². The molecule has 3 N–H and O–H groups in total. The highest BCUT2D eigenvalue weighted by Gasteiger charge is 2.19. The number of nitrogens with one attached hydrogen (secondary N) is 1. The fourth-order valence-electron chi connectivity index (χ4n) is 3.54. The Bertz CT molecular complexity index is 1290. The maximum absolute atomic E-state index is 11.6. The number of aliphatic carboxylic acids is 1. The van der Waals surface area contributed by atoms with Gasteiger partial charge in [-0.3, -0.25) is 4.79 Å². The van der Waals surface area contributed by atoms with Crippen LogP contribution in [0.5, 0.6) is 0 Å². The first-order chi connectivity index (χ1) is 18.2. The SMILES string of the molecule is C=C(C)/C=C(\C=C/C)c1nc2cc(C)c(CC(=O)O)c(-c3ccc(Cl)cc3)c2s1.CC(C)(C)O.CCCNC. The van der Waals surface area contributed by atoms with E-state index in [2.05, 4.69) is 18.8 Å². The van der Waals surface area contributed by atoms with E-state index in [1.165, 1.54) is 6.42 Å². The molecule has 0 aliphatic rings. The van der Waals surface area contributed by atoms with Crippen molar-refractivity contribution < 1.29 is 15.0 Å². The number of fused-ring (bicyclic) bond motifs is 1. The first-order valence-electron chi connectivity index (χ1n) is 13.0. The van der Waals surface area contributed by atoms with Gasteiger partial charge in [0, 0.05) is 16.2 Å². The van der Waals surface area contributed by atoms with Crippen LogP contribution in [0.3, 0.4) is 0 Å². The molecule has 3 rings (SSSR count). The predicted octanol–water partition coefficient (Wildman–Crippen LogP) is 8.48. The van der Waals surface area contributed by atoms with E-state index in [1.54, 1.807) is 32.1 Å². The van der Waals surface area contributed by atoms with Crippen molar-refractivity contribution in [2.45, 2.75) is 66.9 Å². The zero-order chi connectivity index (χ0) is 29.8. The third-order valence-electron chi connectivity index (χ3n) is 4.97. The van der Waals surface area contributed by atoms with Gasteiger partial charge in [0.05, 0.1) is 22.2 Å². The topological polar surface area (TPSA) is 82.5 Å². The molecule has 2 aromatic carbocycles. The van der Waals surface area contributed by atoms with E-state index in [4.69, 9.17) is 21.7 Å². The number of rotatable bonds is 8. The minimum atomic E-state index is -0.857. The highest BCUT2D eigenvalue weighted by Crippen LogP contribution is 2.40. The summed E-state index contributed by atoms with van der Waals surface area (Å²) in [6.45, 7) is 18.3. The van der Waals surface area contributed by atoms with E-state index in [1.807, 2.05) is 76.4 Å². The number of carboxylic acid groups (broad SMARTS) is 1. The van der Waals surface area contributed by atoms with Gasteiger partial charge in [0.1, 0.15) is 5.01 Å². The number of halogens is 1. The van der Waals surface area contributed by atoms with Crippen molar-refractivity contribution in [3.63, 3.8) is 0 Å². The van der Waals surface area contributed by atoms with Crippen LogP contribution in [-0.2, 0) is 11.2 Å². The summed E-state index contributed by atoms with van der Waals surface area (Å²) in [5, 5.41) is 22.5. The third-order valence-corrected chi connectivity index (χ3v) is 6.36. The van der Waals surface area contributed by atoms with Crippen LogP contribution in [0.2, 0.25) is 5.02 Å². The molecule has 0 saturated heterocycles. The van der Waals surface area contributed by atoms with Gasteiger partial charge in [-0.1, -0.05) is 55.0 Å². The molecule has 1 heterocycles. The molecule has 0 saturated carbocycles. The number of carbonyl (C=O) groups is 1. The summed E-state index contributed by atoms with van der Waals surface area (Å²) in [4.78, 5) is 16.4. The molecule has 0 bridgehead atoms. The highest BCUT2D eigenvalue weighted by molar-refractivity contribution is 7.20. The van der Waals surface area contributed by atoms with Gasteiger partial charge in [-0.15, -0.1) is 11.3 Å². The molecule has 0 amide bonds. The van der Waals surface area contributed by atoms with Crippen molar-refractivity contribution in [2.75, 3.05) is 13.6 Å². The van der Waals surface area contributed by atoms with Crippen molar-refractivity contribution in [3.05, 3.63) is 81.9 Å². The molecular weight excluding hydrogens is 528 g/mol. The van der Waals surface area contributed by atoms with E-state index >= 15 is 0 Å². The number of aromatic nitrogens is 1. The lowest BCUT2D eigenvalue weighted by atomic mass is 9.93. The van der Waals surface area contributed by atoms with Crippen molar-refractivity contribution in [2.24, 2.45) is 0 Å². The Morgan fingerprint density at radius 3 is 2.26 bits per heavy atom. The molecule has 1 aromatic heterocycles. The van der Waals surface area contributed by atoms with Crippen LogP contribution >= 0.6 is 22.9 Å². The zero-order valence-electron chi connectivity index (χ0n) is 24.5. The van der Waals surface area contributed by atoms with Crippen LogP contribution in [0.1, 0.15) is 64.1 Å². The van der Waals surface area contributed by atoms with Crippen molar-refractivity contribution in [3.8, 4) is 11.1 Å². The molecule has 0 radical (unpaired) electrons. The summed E-state index contributed by atoms with van der Waals surface area (Å²) in [5.41, 5.74) is 5.86. The van der Waals surface area contributed by atoms with Gasteiger partial charge < -0.3 is 15.5 Å². The molecule has 5 nitrogen and oxygen atoms in total. The monoisotopic (exact) mass is 570 g/mol. The molecular formula is C32H43ClN2O3S. The molecule has 3 aromatic rings. The second kappa shape index (κ2) is 16.4. The van der Waals surface area contributed by atoms with E-state index in [0.717, 1.165) is 55.2 Å².